The van der Waals surface area contributed by atoms with Crippen molar-refractivity contribution in [2.24, 2.45) is 0 Å². The Bertz CT molecular complexity index is 726. The third kappa shape index (κ3) is 2.42. The van der Waals surface area contributed by atoms with E-state index in [1.807, 2.05) is 60.0 Å². The van der Waals surface area contributed by atoms with Crippen LogP contribution in [0.3, 0.4) is 0 Å². The van der Waals surface area contributed by atoms with Crippen molar-refractivity contribution < 1.29 is 5.11 Å². The topological polar surface area (TPSA) is 50.4 Å². The molecule has 0 aliphatic carbocycles. The van der Waals surface area contributed by atoms with E-state index < -0.39 is 6.10 Å². The first-order valence-electron chi connectivity index (χ1n) is 6.54. The van der Waals surface area contributed by atoms with Crippen LogP contribution in [0.1, 0.15) is 25.0 Å². The van der Waals surface area contributed by atoms with Crippen molar-refractivity contribution >= 4 is 17.4 Å². The molecule has 0 fully saturated rings. The number of nitrogens with zero attached hydrogens (tertiary/aromatic N) is 3. The van der Waals surface area contributed by atoms with Crippen LogP contribution in [0.15, 0.2) is 58.7 Å². The molecule has 4 nitrogen and oxygen atoms in total. The van der Waals surface area contributed by atoms with Gasteiger partial charge in [0, 0.05) is 11.1 Å². The first-order chi connectivity index (χ1) is 9.79. The maximum absolute atomic E-state index is 10.1. The lowest BCUT2D eigenvalue weighted by atomic mass is 10.1. The summed E-state index contributed by atoms with van der Waals surface area (Å²) in [6.07, 6.45) is 2.19. The summed E-state index contributed by atoms with van der Waals surface area (Å²) < 4.78 is 1.94. The molecule has 0 saturated carbocycles. The van der Waals surface area contributed by atoms with Crippen molar-refractivity contribution in [2.45, 2.75) is 29.5 Å². The average Bonchev–Trinajstić information content (AvgIpc) is 2.90. The monoisotopic (exact) mass is 285 g/mol. The molecule has 5 heteroatoms. The molecule has 2 heterocycles. The number of fused-ring (bicyclic) bond motifs is 1. The Morgan fingerprint density at radius 3 is 2.80 bits per heavy atom. The van der Waals surface area contributed by atoms with Gasteiger partial charge in [-0.25, -0.2) is 0 Å². The smallest absolute Gasteiger partial charge is 0.200 e. The molecular weight excluding hydrogens is 270 g/mol. The van der Waals surface area contributed by atoms with Gasteiger partial charge in [0.15, 0.2) is 10.8 Å². The molecular formula is C15H15N3OS. The van der Waals surface area contributed by atoms with Gasteiger partial charge < -0.3 is 5.11 Å². The second-order valence-corrected chi connectivity index (χ2v) is 5.48. The van der Waals surface area contributed by atoms with Gasteiger partial charge in [-0.3, -0.25) is 4.40 Å². The lowest BCUT2D eigenvalue weighted by Crippen LogP contribution is -1.97. The number of hydrogen-bond acceptors (Lipinski definition) is 4. The highest BCUT2D eigenvalue weighted by Gasteiger charge is 2.13. The fourth-order valence-corrected chi connectivity index (χ4v) is 3.06. The van der Waals surface area contributed by atoms with Crippen LogP contribution in [-0.4, -0.2) is 19.7 Å². The second kappa shape index (κ2) is 5.64. The van der Waals surface area contributed by atoms with Gasteiger partial charge in [0.1, 0.15) is 0 Å². The van der Waals surface area contributed by atoms with Crippen molar-refractivity contribution in [1.29, 1.82) is 0 Å². The molecule has 0 spiro atoms. The molecule has 2 aromatic heterocycles. The minimum absolute atomic E-state index is 0.446. The van der Waals surface area contributed by atoms with E-state index in [1.165, 1.54) is 11.8 Å². The number of aliphatic hydroxyl groups excluding tert-OH is 1. The highest BCUT2D eigenvalue weighted by atomic mass is 32.2. The van der Waals surface area contributed by atoms with Gasteiger partial charge in [-0.05, 0) is 41.9 Å². The van der Waals surface area contributed by atoms with Crippen LogP contribution in [0.5, 0.6) is 0 Å². The van der Waals surface area contributed by atoms with Crippen LogP contribution < -0.4 is 0 Å². The molecule has 0 bridgehead atoms. The van der Waals surface area contributed by atoms with Crippen molar-refractivity contribution in [3.8, 4) is 0 Å². The maximum atomic E-state index is 10.1. The van der Waals surface area contributed by atoms with Crippen molar-refractivity contribution in [3.63, 3.8) is 0 Å². The SMILES string of the molecule is CC[C@@H](O)c1ccccc1Sc1nnc2ccccn12. The first-order valence-corrected chi connectivity index (χ1v) is 7.36. The average molecular weight is 285 g/mol. The standard InChI is InChI=1S/C15H15N3OS/c1-2-12(19)11-7-3-4-8-13(11)20-15-17-16-14-9-5-6-10-18(14)15/h3-10,12,19H,2H2,1H3/t12-/m1/s1. The van der Waals surface area contributed by atoms with E-state index in [1.54, 1.807) is 0 Å². The summed E-state index contributed by atoms with van der Waals surface area (Å²) in [4.78, 5) is 1.01. The molecule has 3 rings (SSSR count). The molecule has 20 heavy (non-hydrogen) atoms. The number of rotatable bonds is 4. The first kappa shape index (κ1) is 13.1. The number of pyridine rings is 1. The summed E-state index contributed by atoms with van der Waals surface area (Å²) in [7, 11) is 0. The quantitative estimate of drug-likeness (QED) is 0.799. The summed E-state index contributed by atoms with van der Waals surface area (Å²) in [6.45, 7) is 1.97. The Balaban J connectivity index is 1.99. The molecule has 1 N–H and O–H groups in total. The normalized spacial score (nSPS) is 12.7. The fourth-order valence-electron chi connectivity index (χ4n) is 2.06. The molecule has 0 aliphatic heterocycles. The Morgan fingerprint density at radius 1 is 1.15 bits per heavy atom. The number of aliphatic hydroxyl groups is 1. The van der Waals surface area contributed by atoms with Crippen LogP contribution in [0.4, 0.5) is 0 Å². The van der Waals surface area contributed by atoms with Crippen LogP contribution in [0.25, 0.3) is 5.65 Å². The minimum Gasteiger partial charge on any atom is -0.388 e. The Morgan fingerprint density at radius 2 is 1.95 bits per heavy atom. The van der Waals surface area contributed by atoms with Crippen LogP contribution in [0, 0.1) is 0 Å². The largest absolute Gasteiger partial charge is 0.388 e. The van der Waals surface area contributed by atoms with Crippen molar-refractivity contribution in [2.75, 3.05) is 0 Å². The van der Waals surface area contributed by atoms with Crippen LogP contribution >= 0.6 is 11.8 Å². The van der Waals surface area contributed by atoms with E-state index in [9.17, 15) is 5.11 Å². The summed E-state index contributed by atoms with van der Waals surface area (Å²) in [5, 5.41) is 19.2. The van der Waals surface area contributed by atoms with Crippen LogP contribution in [0.2, 0.25) is 0 Å². The third-order valence-corrected chi connectivity index (χ3v) is 4.20. The summed E-state index contributed by atoms with van der Waals surface area (Å²) >= 11 is 1.52. The summed E-state index contributed by atoms with van der Waals surface area (Å²) in [5.74, 6) is 0. The third-order valence-electron chi connectivity index (χ3n) is 3.15. The van der Waals surface area contributed by atoms with Gasteiger partial charge >= 0.3 is 0 Å². The predicted octanol–water partition coefficient (Wildman–Crippen LogP) is 3.32. The predicted molar refractivity (Wildman–Crippen MR) is 78.8 cm³/mol. The van der Waals surface area contributed by atoms with Crippen LogP contribution in [-0.2, 0) is 0 Å². The highest BCUT2D eigenvalue weighted by molar-refractivity contribution is 7.99. The number of benzene rings is 1. The molecule has 1 atom stereocenters. The lowest BCUT2D eigenvalue weighted by molar-refractivity contribution is 0.171. The van der Waals surface area contributed by atoms with E-state index in [-0.39, 0.29) is 0 Å². The number of aromatic nitrogens is 3. The van der Waals surface area contributed by atoms with Gasteiger partial charge in [-0.1, -0.05) is 31.2 Å². The number of hydrogen-bond donors (Lipinski definition) is 1. The zero-order valence-electron chi connectivity index (χ0n) is 11.1. The van der Waals surface area contributed by atoms with E-state index in [2.05, 4.69) is 10.2 Å². The fraction of sp³-hybridized carbons (Fsp3) is 0.200. The molecule has 0 saturated heterocycles. The Hall–Kier alpha value is -1.85. The van der Waals surface area contributed by atoms with Gasteiger partial charge in [0.25, 0.3) is 0 Å². The Labute approximate surface area is 121 Å². The minimum atomic E-state index is -0.446. The second-order valence-electron chi connectivity index (χ2n) is 4.48. The van der Waals surface area contributed by atoms with Gasteiger partial charge in [-0.15, -0.1) is 10.2 Å². The van der Waals surface area contributed by atoms with E-state index in [0.29, 0.717) is 6.42 Å². The molecule has 102 valence electrons. The Kier molecular flexibility index (Phi) is 3.71. The molecule has 0 aliphatic rings. The molecule has 0 amide bonds. The van der Waals surface area contributed by atoms with E-state index >= 15 is 0 Å². The zero-order chi connectivity index (χ0) is 13.9. The van der Waals surface area contributed by atoms with E-state index in [0.717, 1.165) is 21.3 Å². The molecule has 0 unspecified atom stereocenters. The summed E-state index contributed by atoms with van der Waals surface area (Å²) in [5.41, 5.74) is 1.76. The molecule has 1 aromatic carbocycles. The highest BCUT2D eigenvalue weighted by Crippen LogP contribution is 2.33. The van der Waals surface area contributed by atoms with Gasteiger partial charge in [0.2, 0.25) is 0 Å². The van der Waals surface area contributed by atoms with Crippen molar-refractivity contribution in [3.05, 3.63) is 54.2 Å². The lowest BCUT2D eigenvalue weighted by Gasteiger charge is -2.12. The van der Waals surface area contributed by atoms with Crippen molar-refractivity contribution in [1.82, 2.24) is 14.6 Å². The molecule has 0 radical (unpaired) electrons. The summed E-state index contributed by atoms with van der Waals surface area (Å²) in [6, 6.07) is 13.7. The van der Waals surface area contributed by atoms with E-state index in [4.69, 9.17) is 0 Å². The zero-order valence-corrected chi connectivity index (χ0v) is 11.9. The van der Waals surface area contributed by atoms with Gasteiger partial charge in [-0.2, -0.15) is 0 Å². The maximum Gasteiger partial charge on any atom is 0.200 e. The van der Waals surface area contributed by atoms with Gasteiger partial charge in [0.05, 0.1) is 6.10 Å². The molecule has 3 aromatic rings.